The fraction of sp³-hybridized carbons (Fsp3) is 1.00. The van der Waals surface area contributed by atoms with Gasteiger partial charge in [-0.25, -0.2) is 12.7 Å². The van der Waals surface area contributed by atoms with Gasteiger partial charge in [-0.1, -0.05) is 0 Å². The van der Waals surface area contributed by atoms with Crippen molar-refractivity contribution in [3.05, 3.63) is 0 Å². The fourth-order valence-electron chi connectivity index (χ4n) is 2.36. The number of nitrogens with zero attached hydrogens (tertiary/aromatic N) is 1. The molecule has 0 aromatic carbocycles. The number of rotatable bonds is 5. The maximum Gasteiger partial charge on any atom is 0.214 e. The first-order valence-corrected chi connectivity index (χ1v) is 8.30. The monoisotopic (exact) mass is 265 g/mol. The Kier molecular flexibility index (Phi) is 4.14. The van der Waals surface area contributed by atoms with Crippen LogP contribution in [0.3, 0.4) is 0 Å². The molecule has 1 aliphatic heterocycles. The summed E-state index contributed by atoms with van der Waals surface area (Å²) in [7, 11) is -2.98. The van der Waals surface area contributed by atoms with Gasteiger partial charge in [-0.3, -0.25) is 0 Å². The molecule has 2 rings (SSSR count). The Bertz CT molecular complexity index is 325. The van der Waals surface area contributed by atoms with E-state index in [1.54, 1.807) is 4.31 Å². The van der Waals surface area contributed by atoms with Crippen molar-refractivity contribution in [2.24, 2.45) is 11.8 Å². The highest BCUT2D eigenvalue weighted by molar-refractivity contribution is 7.89. The van der Waals surface area contributed by atoms with Crippen LogP contribution in [0.4, 0.5) is 0 Å². The highest BCUT2D eigenvalue weighted by atomic mass is 35.5. The van der Waals surface area contributed by atoms with Crippen LogP contribution in [0.2, 0.25) is 0 Å². The number of hydrogen-bond acceptors (Lipinski definition) is 2. The van der Waals surface area contributed by atoms with Gasteiger partial charge in [0.2, 0.25) is 10.0 Å². The summed E-state index contributed by atoms with van der Waals surface area (Å²) in [6.45, 7) is 1.41. The predicted octanol–water partition coefficient (Wildman–Crippen LogP) is 2.07. The largest absolute Gasteiger partial charge is 0.214 e. The highest BCUT2D eigenvalue weighted by Crippen LogP contribution is 2.32. The molecule has 0 aromatic rings. The van der Waals surface area contributed by atoms with Crippen molar-refractivity contribution in [2.75, 3.05) is 24.7 Å². The third kappa shape index (κ3) is 3.34. The van der Waals surface area contributed by atoms with Crippen LogP contribution in [-0.4, -0.2) is 37.4 Å². The van der Waals surface area contributed by atoms with E-state index < -0.39 is 10.0 Å². The van der Waals surface area contributed by atoms with Crippen molar-refractivity contribution in [3.63, 3.8) is 0 Å². The molecule has 3 nitrogen and oxygen atoms in total. The van der Waals surface area contributed by atoms with Gasteiger partial charge in [0.1, 0.15) is 0 Å². The van der Waals surface area contributed by atoms with Crippen LogP contribution in [-0.2, 0) is 10.0 Å². The van der Waals surface area contributed by atoms with E-state index in [0.717, 1.165) is 32.1 Å². The van der Waals surface area contributed by atoms with Crippen LogP contribution in [0, 0.1) is 11.8 Å². The highest BCUT2D eigenvalue weighted by Gasteiger charge is 2.34. The Morgan fingerprint density at radius 3 is 2.56 bits per heavy atom. The summed E-state index contributed by atoms with van der Waals surface area (Å²) in [5.74, 6) is 1.93. The molecule has 0 bridgehead atoms. The standard InChI is InChI=1S/C11H20ClNO2S/c12-6-5-10-2-1-7-13(8-10)16(14,15)9-11-3-4-11/h10-11H,1-9H2. The molecule has 5 heteroatoms. The van der Waals surface area contributed by atoms with Gasteiger partial charge >= 0.3 is 0 Å². The molecule has 94 valence electrons. The quantitative estimate of drug-likeness (QED) is 0.714. The first kappa shape index (κ1) is 12.7. The molecule has 2 aliphatic rings. The summed E-state index contributed by atoms with van der Waals surface area (Å²) in [4.78, 5) is 0. The molecule has 0 spiro atoms. The predicted molar refractivity (Wildman–Crippen MR) is 66.1 cm³/mol. The van der Waals surface area contributed by atoms with Crippen LogP contribution in [0.15, 0.2) is 0 Å². The fourth-order valence-corrected chi connectivity index (χ4v) is 4.65. The van der Waals surface area contributed by atoms with Gasteiger partial charge < -0.3 is 0 Å². The van der Waals surface area contributed by atoms with Crippen molar-refractivity contribution >= 4 is 21.6 Å². The van der Waals surface area contributed by atoms with Crippen molar-refractivity contribution in [1.82, 2.24) is 4.31 Å². The second-order valence-electron chi connectivity index (χ2n) is 5.07. The molecule has 1 heterocycles. The van der Waals surface area contributed by atoms with E-state index >= 15 is 0 Å². The van der Waals surface area contributed by atoms with Crippen LogP contribution in [0.1, 0.15) is 32.1 Å². The van der Waals surface area contributed by atoms with Gasteiger partial charge in [-0.05, 0) is 43.9 Å². The minimum atomic E-state index is -2.98. The van der Waals surface area contributed by atoms with E-state index in [1.165, 1.54) is 0 Å². The van der Waals surface area contributed by atoms with Crippen molar-refractivity contribution in [2.45, 2.75) is 32.1 Å². The van der Waals surface area contributed by atoms with Gasteiger partial charge in [0.25, 0.3) is 0 Å². The number of alkyl halides is 1. The molecular formula is C11H20ClNO2S. The lowest BCUT2D eigenvalue weighted by Crippen LogP contribution is -2.41. The van der Waals surface area contributed by atoms with Crippen molar-refractivity contribution < 1.29 is 8.42 Å². The van der Waals surface area contributed by atoms with E-state index in [4.69, 9.17) is 11.6 Å². The molecular weight excluding hydrogens is 246 g/mol. The summed E-state index contributed by atoms with van der Waals surface area (Å²) in [6, 6.07) is 0. The zero-order chi connectivity index (χ0) is 11.6. The molecule has 1 atom stereocenters. The first-order valence-electron chi connectivity index (χ1n) is 6.15. The Hall–Kier alpha value is 0.200. The number of hydrogen-bond donors (Lipinski definition) is 0. The lowest BCUT2D eigenvalue weighted by atomic mass is 9.97. The first-order chi connectivity index (χ1) is 7.62. The minimum Gasteiger partial charge on any atom is -0.212 e. The zero-order valence-corrected chi connectivity index (χ0v) is 11.1. The SMILES string of the molecule is O=S(=O)(CC1CC1)N1CCCC(CCCl)C1. The van der Waals surface area contributed by atoms with E-state index in [2.05, 4.69) is 0 Å². The van der Waals surface area contributed by atoms with E-state index in [-0.39, 0.29) is 0 Å². The topological polar surface area (TPSA) is 37.4 Å². The van der Waals surface area contributed by atoms with Crippen LogP contribution >= 0.6 is 11.6 Å². The second kappa shape index (κ2) is 5.23. The third-order valence-electron chi connectivity index (χ3n) is 3.54. The molecule has 1 unspecified atom stereocenters. The lowest BCUT2D eigenvalue weighted by molar-refractivity contribution is 0.262. The molecule has 1 saturated carbocycles. The van der Waals surface area contributed by atoms with Gasteiger partial charge in [0.15, 0.2) is 0 Å². The molecule has 16 heavy (non-hydrogen) atoms. The Morgan fingerprint density at radius 2 is 1.94 bits per heavy atom. The lowest BCUT2D eigenvalue weighted by Gasteiger charge is -2.31. The average molecular weight is 266 g/mol. The Morgan fingerprint density at radius 1 is 1.19 bits per heavy atom. The molecule has 0 amide bonds. The molecule has 2 fully saturated rings. The summed E-state index contributed by atoms with van der Waals surface area (Å²) in [5.41, 5.74) is 0. The second-order valence-corrected chi connectivity index (χ2v) is 7.46. The Balaban J connectivity index is 1.91. The van der Waals surface area contributed by atoms with Crippen molar-refractivity contribution in [1.29, 1.82) is 0 Å². The van der Waals surface area contributed by atoms with Crippen LogP contribution in [0.25, 0.3) is 0 Å². The van der Waals surface area contributed by atoms with Gasteiger partial charge in [-0.15, -0.1) is 11.6 Å². The summed E-state index contributed by atoms with van der Waals surface area (Å²) < 4.78 is 25.9. The van der Waals surface area contributed by atoms with Gasteiger partial charge in [0.05, 0.1) is 5.75 Å². The average Bonchev–Trinajstić information content (AvgIpc) is 3.02. The molecule has 1 aliphatic carbocycles. The minimum absolute atomic E-state index is 0.376. The number of piperidine rings is 1. The van der Waals surface area contributed by atoms with Crippen molar-refractivity contribution in [3.8, 4) is 0 Å². The smallest absolute Gasteiger partial charge is 0.212 e. The molecule has 0 N–H and O–H groups in total. The zero-order valence-electron chi connectivity index (χ0n) is 9.57. The maximum atomic E-state index is 12.1. The van der Waals surface area contributed by atoms with E-state index in [1.807, 2.05) is 0 Å². The third-order valence-corrected chi connectivity index (χ3v) is 5.77. The summed E-state index contributed by atoms with van der Waals surface area (Å²) in [5, 5.41) is 0. The number of halogens is 1. The Labute approximate surface area is 103 Å². The van der Waals surface area contributed by atoms with Crippen LogP contribution in [0.5, 0.6) is 0 Å². The maximum absolute atomic E-state index is 12.1. The van der Waals surface area contributed by atoms with E-state index in [0.29, 0.717) is 36.6 Å². The van der Waals surface area contributed by atoms with Gasteiger partial charge in [0, 0.05) is 19.0 Å². The molecule has 1 saturated heterocycles. The molecule has 0 radical (unpaired) electrons. The summed E-state index contributed by atoms with van der Waals surface area (Å²) >= 11 is 5.72. The normalized spacial score (nSPS) is 28.2. The molecule has 0 aromatic heterocycles. The summed E-state index contributed by atoms with van der Waals surface area (Å²) in [6.07, 6.45) is 5.25. The van der Waals surface area contributed by atoms with Gasteiger partial charge in [-0.2, -0.15) is 0 Å². The number of sulfonamides is 1. The van der Waals surface area contributed by atoms with E-state index in [9.17, 15) is 8.42 Å². The van der Waals surface area contributed by atoms with Crippen LogP contribution < -0.4 is 0 Å².